The van der Waals surface area contributed by atoms with Gasteiger partial charge in [0.1, 0.15) is 17.9 Å². The van der Waals surface area contributed by atoms with Crippen molar-refractivity contribution in [2.75, 3.05) is 13.7 Å². The molecular formula is C23H23NO6. The van der Waals surface area contributed by atoms with Crippen molar-refractivity contribution in [1.82, 2.24) is 5.32 Å². The van der Waals surface area contributed by atoms with Crippen LogP contribution in [0, 0.1) is 0 Å². The van der Waals surface area contributed by atoms with Gasteiger partial charge >= 0.3 is 11.6 Å². The first-order valence-electron chi connectivity index (χ1n) is 9.64. The second kappa shape index (κ2) is 9.73. The van der Waals surface area contributed by atoms with Gasteiger partial charge in [0.05, 0.1) is 19.1 Å². The number of carbonyl (C=O) groups excluding carboxylic acids is 2. The highest BCUT2D eigenvalue weighted by Crippen LogP contribution is 2.20. The molecule has 0 saturated carbocycles. The molecule has 1 N–H and O–H groups in total. The average molecular weight is 409 g/mol. The number of carbonyl (C=O) groups is 2. The molecule has 0 spiro atoms. The van der Waals surface area contributed by atoms with Crippen LogP contribution in [0.4, 0.5) is 0 Å². The largest absolute Gasteiger partial charge is 0.496 e. The second-order valence-electron chi connectivity index (χ2n) is 6.64. The van der Waals surface area contributed by atoms with Crippen molar-refractivity contribution in [3.8, 4) is 5.75 Å². The number of methoxy groups -OCH3 is 1. The molecule has 156 valence electrons. The number of esters is 1. The van der Waals surface area contributed by atoms with Crippen LogP contribution in [-0.2, 0) is 22.6 Å². The topological polar surface area (TPSA) is 94.8 Å². The van der Waals surface area contributed by atoms with Crippen molar-refractivity contribution in [2.45, 2.75) is 26.4 Å². The third kappa shape index (κ3) is 5.05. The van der Waals surface area contributed by atoms with E-state index < -0.39 is 11.6 Å². The number of ether oxygens (including phenoxy) is 2. The van der Waals surface area contributed by atoms with Gasteiger partial charge in [-0.3, -0.25) is 9.59 Å². The van der Waals surface area contributed by atoms with Gasteiger partial charge in [-0.2, -0.15) is 0 Å². The summed E-state index contributed by atoms with van der Waals surface area (Å²) in [5.74, 6) is -0.362. The molecule has 0 saturated heterocycles. The maximum atomic E-state index is 12.2. The Kier molecular flexibility index (Phi) is 6.85. The maximum Gasteiger partial charge on any atom is 0.336 e. The van der Waals surface area contributed by atoms with Crippen LogP contribution in [0.2, 0.25) is 0 Å². The molecule has 0 aliphatic heterocycles. The standard InChI is InChI=1S/C23H23NO6/c1-3-15-8-9-17-16(13-22(26)30-20(17)12-15)14-29-21(25)10-11-24-23(27)18-6-4-5-7-19(18)28-2/h4-9,12-13H,3,10-11,14H2,1-2H3,(H,24,27). The fraction of sp³-hybridized carbons (Fsp3) is 0.261. The van der Waals surface area contributed by atoms with E-state index in [1.54, 1.807) is 24.3 Å². The Morgan fingerprint density at radius 1 is 1.10 bits per heavy atom. The van der Waals surface area contributed by atoms with E-state index in [1.807, 2.05) is 25.1 Å². The minimum absolute atomic E-state index is 0.000243. The number of rotatable bonds is 8. The van der Waals surface area contributed by atoms with Gasteiger partial charge in [0.15, 0.2) is 0 Å². The zero-order valence-corrected chi connectivity index (χ0v) is 16.9. The number of hydrogen-bond donors (Lipinski definition) is 1. The molecule has 0 atom stereocenters. The molecule has 1 aromatic heterocycles. The Morgan fingerprint density at radius 2 is 1.90 bits per heavy atom. The molecule has 7 nitrogen and oxygen atoms in total. The maximum absolute atomic E-state index is 12.2. The Labute approximate surface area is 173 Å². The molecule has 3 aromatic rings. The number of fused-ring (bicyclic) bond motifs is 1. The summed E-state index contributed by atoms with van der Waals surface area (Å²) in [4.78, 5) is 36.1. The first-order chi connectivity index (χ1) is 14.5. The lowest BCUT2D eigenvalue weighted by Gasteiger charge is -2.10. The van der Waals surface area contributed by atoms with Crippen LogP contribution in [0.25, 0.3) is 11.0 Å². The van der Waals surface area contributed by atoms with Crippen molar-refractivity contribution >= 4 is 22.8 Å². The molecular weight excluding hydrogens is 386 g/mol. The van der Waals surface area contributed by atoms with E-state index in [4.69, 9.17) is 13.9 Å². The van der Waals surface area contributed by atoms with Gasteiger partial charge in [-0.15, -0.1) is 0 Å². The Morgan fingerprint density at radius 3 is 2.67 bits per heavy atom. The van der Waals surface area contributed by atoms with E-state index in [2.05, 4.69) is 5.32 Å². The fourth-order valence-electron chi connectivity index (χ4n) is 3.05. The lowest BCUT2D eigenvalue weighted by molar-refractivity contribution is -0.144. The van der Waals surface area contributed by atoms with Gasteiger partial charge < -0.3 is 19.2 Å². The molecule has 2 aromatic carbocycles. The molecule has 3 rings (SSSR count). The van der Waals surface area contributed by atoms with Crippen LogP contribution in [0.1, 0.15) is 34.8 Å². The molecule has 0 aliphatic rings. The minimum atomic E-state index is -0.495. The Bertz CT molecular complexity index is 1120. The van der Waals surface area contributed by atoms with Gasteiger partial charge in [0.2, 0.25) is 0 Å². The van der Waals surface area contributed by atoms with Crippen LogP contribution in [0.5, 0.6) is 5.75 Å². The molecule has 0 bridgehead atoms. The lowest BCUT2D eigenvalue weighted by Crippen LogP contribution is -2.26. The quantitative estimate of drug-likeness (QED) is 0.453. The molecule has 1 heterocycles. The van der Waals surface area contributed by atoms with Gasteiger partial charge in [0, 0.05) is 23.6 Å². The number of aryl methyl sites for hydroxylation is 1. The van der Waals surface area contributed by atoms with Crippen LogP contribution in [0.3, 0.4) is 0 Å². The zero-order chi connectivity index (χ0) is 21.5. The molecule has 0 unspecified atom stereocenters. The summed E-state index contributed by atoms with van der Waals surface area (Å²) in [6.07, 6.45) is 0.819. The molecule has 0 aliphatic carbocycles. The minimum Gasteiger partial charge on any atom is -0.496 e. The highest BCUT2D eigenvalue weighted by molar-refractivity contribution is 5.97. The summed E-state index contributed by atoms with van der Waals surface area (Å²) in [5.41, 5.74) is 1.99. The van der Waals surface area contributed by atoms with Crippen molar-refractivity contribution in [1.29, 1.82) is 0 Å². The highest BCUT2D eigenvalue weighted by Gasteiger charge is 2.13. The van der Waals surface area contributed by atoms with Gasteiger partial charge in [0.25, 0.3) is 5.91 Å². The number of amides is 1. The van der Waals surface area contributed by atoms with E-state index in [-0.39, 0.29) is 25.5 Å². The summed E-state index contributed by atoms with van der Waals surface area (Å²) in [7, 11) is 1.49. The fourth-order valence-corrected chi connectivity index (χ4v) is 3.05. The molecule has 0 fully saturated rings. The smallest absolute Gasteiger partial charge is 0.336 e. The van der Waals surface area contributed by atoms with E-state index >= 15 is 0 Å². The van der Waals surface area contributed by atoms with Crippen molar-refractivity contribution in [2.24, 2.45) is 0 Å². The molecule has 0 radical (unpaired) electrons. The van der Waals surface area contributed by atoms with Gasteiger partial charge in [-0.25, -0.2) is 4.79 Å². The normalized spacial score (nSPS) is 10.6. The van der Waals surface area contributed by atoms with Gasteiger partial charge in [-0.05, 0) is 30.2 Å². The Balaban J connectivity index is 1.56. The molecule has 1 amide bonds. The van der Waals surface area contributed by atoms with E-state index in [0.29, 0.717) is 22.5 Å². The summed E-state index contributed by atoms with van der Waals surface area (Å²) in [6.45, 7) is 2.08. The second-order valence-corrected chi connectivity index (χ2v) is 6.64. The SMILES string of the molecule is CCc1ccc2c(COC(=O)CCNC(=O)c3ccccc3OC)cc(=O)oc2c1. The van der Waals surface area contributed by atoms with E-state index in [0.717, 1.165) is 17.4 Å². The molecule has 7 heteroatoms. The number of benzene rings is 2. The summed E-state index contributed by atoms with van der Waals surface area (Å²) in [6, 6.07) is 13.8. The monoisotopic (exact) mass is 409 g/mol. The first-order valence-corrected chi connectivity index (χ1v) is 9.64. The third-order valence-electron chi connectivity index (χ3n) is 4.66. The predicted octanol–water partition coefficient (Wildman–Crippen LogP) is 3.23. The van der Waals surface area contributed by atoms with Gasteiger partial charge in [-0.1, -0.05) is 31.2 Å². The number of hydrogen-bond acceptors (Lipinski definition) is 6. The third-order valence-corrected chi connectivity index (χ3v) is 4.66. The average Bonchev–Trinajstić information content (AvgIpc) is 2.76. The van der Waals surface area contributed by atoms with Crippen LogP contribution in [-0.4, -0.2) is 25.5 Å². The molecule has 30 heavy (non-hydrogen) atoms. The number of nitrogens with one attached hydrogen (secondary N) is 1. The van der Waals surface area contributed by atoms with E-state index in [1.165, 1.54) is 13.2 Å². The van der Waals surface area contributed by atoms with Crippen molar-refractivity contribution < 1.29 is 23.5 Å². The van der Waals surface area contributed by atoms with Crippen LogP contribution in [0.15, 0.2) is 57.7 Å². The summed E-state index contributed by atoms with van der Waals surface area (Å²) < 4.78 is 15.7. The lowest BCUT2D eigenvalue weighted by atomic mass is 10.1. The van der Waals surface area contributed by atoms with Crippen LogP contribution >= 0.6 is 0 Å². The summed E-state index contributed by atoms with van der Waals surface area (Å²) in [5, 5.41) is 3.40. The highest BCUT2D eigenvalue weighted by atomic mass is 16.5. The Hall–Kier alpha value is -3.61. The first kappa shape index (κ1) is 21.1. The number of para-hydroxylation sites is 1. The predicted molar refractivity (Wildman–Crippen MR) is 112 cm³/mol. The summed E-state index contributed by atoms with van der Waals surface area (Å²) >= 11 is 0. The van der Waals surface area contributed by atoms with E-state index in [9.17, 15) is 14.4 Å². The van der Waals surface area contributed by atoms with Crippen LogP contribution < -0.4 is 15.7 Å². The van der Waals surface area contributed by atoms with Crippen molar-refractivity contribution in [3.05, 3.63) is 75.6 Å². The van der Waals surface area contributed by atoms with Crippen molar-refractivity contribution in [3.63, 3.8) is 0 Å². The zero-order valence-electron chi connectivity index (χ0n) is 16.9.